The Hall–Kier alpha value is -2.18. The maximum Gasteiger partial charge on any atom is 0.241 e. The van der Waals surface area contributed by atoms with E-state index in [2.05, 4.69) is 4.72 Å². The highest BCUT2D eigenvalue weighted by Crippen LogP contribution is 2.23. The topological polar surface area (TPSA) is 66.5 Å². The maximum absolute atomic E-state index is 13.2. The van der Waals surface area contributed by atoms with Gasteiger partial charge in [0, 0.05) is 13.1 Å². The van der Waals surface area contributed by atoms with E-state index in [1.165, 1.54) is 0 Å². The molecular formula is C22H28N2O3S. The van der Waals surface area contributed by atoms with Gasteiger partial charge in [-0.1, -0.05) is 48.0 Å². The molecule has 0 aromatic heterocycles. The number of sulfonamides is 1. The SMILES string of the molecule is Cc1cc(C)c(S(=O)(=O)NC(Cc2ccccc2)C(=O)N2CCCC2)c(C)c1. The van der Waals surface area contributed by atoms with Crippen molar-refractivity contribution >= 4 is 15.9 Å². The van der Waals surface area contributed by atoms with E-state index in [0.29, 0.717) is 30.6 Å². The molecule has 0 spiro atoms. The molecule has 150 valence electrons. The van der Waals surface area contributed by atoms with Crippen LogP contribution in [0.2, 0.25) is 0 Å². The van der Waals surface area contributed by atoms with Crippen molar-refractivity contribution in [3.05, 3.63) is 64.7 Å². The zero-order chi connectivity index (χ0) is 20.3. The second-order valence-corrected chi connectivity index (χ2v) is 9.27. The molecule has 1 aliphatic rings. The third kappa shape index (κ3) is 4.62. The summed E-state index contributed by atoms with van der Waals surface area (Å²) in [6, 6.07) is 12.4. The Kier molecular flexibility index (Phi) is 6.20. The number of nitrogens with one attached hydrogen (secondary N) is 1. The molecule has 1 fully saturated rings. The van der Waals surface area contributed by atoms with Crippen LogP contribution in [0, 0.1) is 20.8 Å². The molecule has 1 aliphatic heterocycles. The fourth-order valence-electron chi connectivity index (χ4n) is 4.02. The van der Waals surface area contributed by atoms with Gasteiger partial charge in [0.05, 0.1) is 4.90 Å². The molecule has 0 aliphatic carbocycles. The highest BCUT2D eigenvalue weighted by atomic mass is 32.2. The van der Waals surface area contributed by atoms with Crippen LogP contribution in [0.25, 0.3) is 0 Å². The minimum Gasteiger partial charge on any atom is -0.341 e. The van der Waals surface area contributed by atoms with E-state index in [4.69, 9.17) is 0 Å². The molecule has 1 heterocycles. The molecule has 1 saturated heterocycles. The van der Waals surface area contributed by atoms with E-state index in [0.717, 1.165) is 24.0 Å². The molecule has 2 aromatic rings. The van der Waals surface area contributed by atoms with Gasteiger partial charge in [0.15, 0.2) is 0 Å². The largest absolute Gasteiger partial charge is 0.341 e. The number of carbonyl (C=O) groups excluding carboxylic acids is 1. The predicted octanol–water partition coefficient (Wildman–Crippen LogP) is 3.12. The van der Waals surface area contributed by atoms with Crippen LogP contribution in [0.3, 0.4) is 0 Å². The van der Waals surface area contributed by atoms with Gasteiger partial charge in [-0.15, -0.1) is 0 Å². The summed E-state index contributed by atoms with van der Waals surface area (Å²) in [6.07, 6.45) is 2.26. The number of amides is 1. The Bertz CT molecular complexity index is 926. The monoisotopic (exact) mass is 400 g/mol. The quantitative estimate of drug-likeness (QED) is 0.810. The van der Waals surface area contributed by atoms with Crippen molar-refractivity contribution in [3.63, 3.8) is 0 Å². The second kappa shape index (κ2) is 8.45. The molecular weight excluding hydrogens is 372 g/mol. The van der Waals surface area contributed by atoms with Gasteiger partial charge in [0.1, 0.15) is 6.04 Å². The minimum atomic E-state index is -3.83. The third-order valence-corrected chi connectivity index (χ3v) is 6.95. The van der Waals surface area contributed by atoms with Crippen LogP contribution in [0.1, 0.15) is 35.1 Å². The zero-order valence-electron chi connectivity index (χ0n) is 16.7. The lowest BCUT2D eigenvalue weighted by atomic mass is 10.1. The molecule has 28 heavy (non-hydrogen) atoms. The Morgan fingerprint density at radius 3 is 2.18 bits per heavy atom. The lowest BCUT2D eigenvalue weighted by molar-refractivity contribution is -0.131. The number of hydrogen-bond donors (Lipinski definition) is 1. The number of carbonyl (C=O) groups is 1. The summed E-state index contributed by atoms with van der Waals surface area (Å²) in [5, 5.41) is 0. The first-order chi connectivity index (χ1) is 13.3. The molecule has 0 radical (unpaired) electrons. The minimum absolute atomic E-state index is 0.146. The fourth-order valence-corrected chi connectivity index (χ4v) is 5.67. The summed E-state index contributed by atoms with van der Waals surface area (Å²) in [4.78, 5) is 15.1. The first-order valence-electron chi connectivity index (χ1n) is 9.71. The van der Waals surface area contributed by atoms with E-state index in [-0.39, 0.29) is 10.8 Å². The van der Waals surface area contributed by atoms with Crippen molar-refractivity contribution in [3.8, 4) is 0 Å². The summed E-state index contributed by atoms with van der Waals surface area (Å²) in [5.41, 5.74) is 3.33. The molecule has 0 bridgehead atoms. The molecule has 2 aromatic carbocycles. The summed E-state index contributed by atoms with van der Waals surface area (Å²) < 4.78 is 29.2. The van der Waals surface area contributed by atoms with Crippen LogP contribution in [0.4, 0.5) is 0 Å². The molecule has 3 rings (SSSR count). The van der Waals surface area contributed by atoms with E-state index in [9.17, 15) is 13.2 Å². The first kappa shape index (κ1) is 20.6. The number of benzene rings is 2. The molecule has 0 saturated carbocycles. The number of nitrogens with zero attached hydrogens (tertiary/aromatic N) is 1. The number of rotatable bonds is 6. The summed E-state index contributed by atoms with van der Waals surface area (Å²) in [6.45, 7) is 6.91. The van der Waals surface area contributed by atoms with Gasteiger partial charge in [0.25, 0.3) is 0 Å². The number of hydrogen-bond acceptors (Lipinski definition) is 3. The lowest BCUT2D eigenvalue weighted by Gasteiger charge is -2.25. The van der Waals surface area contributed by atoms with E-state index in [1.54, 1.807) is 18.7 Å². The van der Waals surface area contributed by atoms with Gasteiger partial charge in [-0.25, -0.2) is 8.42 Å². The molecule has 6 heteroatoms. The van der Waals surface area contributed by atoms with Crippen LogP contribution in [0.5, 0.6) is 0 Å². The normalized spacial score (nSPS) is 15.6. The van der Waals surface area contributed by atoms with Gasteiger partial charge in [0.2, 0.25) is 15.9 Å². The predicted molar refractivity (Wildman–Crippen MR) is 111 cm³/mol. The highest BCUT2D eigenvalue weighted by molar-refractivity contribution is 7.89. The Labute approximate surface area is 167 Å². The van der Waals surface area contributed by atoms with Gasteiger partial charge in [-0.2, -0.15) is 4.72 Å². The van der Waals surface area contributed by atoms with Crippen molar-refractivity contribution in [2.24, 2.45) is 0 Å². The van der Waals surface area contributed by atoms with E-state index >= 15 is 0 Å². The number of aryl methyl sites for hydroxylation is 3. The van der Waals surface area contributed by atoms with Crippen LogP contribution < -0.4 is 4.72 Å². The molecule has 1 atom stereocenters. The smallest absolute Gasteiger partial charge is 0.241 e. The summed E-state index contributed by atoms with van der Waals surface area (Å²) in [5.74, 6) is -0.146. The Morgan fingerprint density at radius 1 is 1.04 bits per heavy atom. The number of likely N-dealkylation sites (tertiary alicyclic amines) is 1. The summed E-state index contributed by atoms with van der Waals surface area (Å²) in [7, 11) is -3.83. The highest BCUT2D eigenvalue weighted by Gasteiger charge is 2.32. The molecule has 5 nitrogen and oxygen atoms in total. The molecule has 1 N–H and O–H groups in total. The lowest BCUT2D eigenvalue weighted by Crippen LogP contribution is -2.49. The van der Waals surface area contributed by atoms with Crippen molar-refractivity contribution in [1.29, 1.82) is 0 Å². The zero-order valence-corrected chi connectivity index (χ0v) is 17.6. The third-order valence-electron chi connectivity index (χ3n) is 5.17. The first-order valence-corrected chi connectivity index (χ1v) is 11.2. The average Bonchev–Trinajstić information content (AvgIpc) is 3.14. The van der Waals surface area contributed by atoms with Crippen molar-refractivity contribution in [1.82, 2.24) is 9.62 Å². The van der Waals surface area contributed by atoms with Crippen molar-refractivity contribution in [2.75, 3.05) is 13.1 Å². The fraction of sp³-hybridized carbons (Fsp3) is 0.409. The van der Waals surface area contributed by atoms with Gasteiger partial charge in [-0.3, -0.25) is 4.79 Å². The van der Waals surface area contributed by atoms with Gasteiger partial charge in [-0.05, 0) is 56.7 Å². The maximum atomic E-state index is 13.2. The van der Waals surface area contributed by atoms with Gasteiger partial charge >= 0.3 is 0 Å². The second-order valence-electron chi connectivity index (χ2n) is 7.62. The van der Waals surface area contributed by atoms with Crippen LogP contribution in [-0.2, 0) is 21.2 Å². The molecule has 1 unspecified atom stereocenters. The molecule has 1 amide bonds. The van der Waals surface area contributed by atoms with Crippen LogP contribution in [-0.4, -0.2) is 38.4 Å². The standard InChI is InChI=1S/C22H28N2O3S/c1-16-13-17(2)21(18(3)14-16)28(26,27)23-20(15-19-9-5-4-6-10-19)22(25)24-11-7-8-12-24/h4-6,9-10,13-14,20,23H,7-8,11-12,15H2,1-3H3. The van der Waals surface area contributed by atoms with E-state index in [1.807, 2.05) is 49.4 Å². The average molecular weight is 401 g/mol. The Morgan fingerprint density at radius 2 is 1.61 bits per heavy atom. The van der Waals surface area contributed by atoms with E-state index < -0.39 is 16.1 Å². The van der Waals surface area contributed by atoms with Crippen molar-refractivity contribution < 1.29 is 13.2 Å². The Balaban J connectivity index is 1.92. The van der Waals surface area contributed by atoms with Gasteiger partial charge < -0.3 is 4.90 Å². The van der Waals surface area contributed by atoms with Crippen molar-refractivity contribution in [2.45, 2.75) is 51.0 Å². The van der Waals surface area contributed by atoms with Crippen LogP contribution in [0.15, 0.2) is 47.4 Å². The summed E-state index contributed by atoms with van der Waals surface area (Å²) >= 11 is 0. The van der Waals surface area contributed by atoms with Crippen LogP contribution >= 0.6 is 0 Å².